The first-order valence-corrected chi connectivity index (χ1v) is 6.69. The van der Waals surface area contributed by atoms with E-state index in [0.29, 0.717) is 13.0 Å². The minimum absolute atomic E-state index is 0.0756. The molecule has 1 atom stereocenters. The zero-order valence-corrected chi connectivity index (χ0v) is 10.8. The number of rotatable bonds is 1. The summed E-state index contributed by atoms with van der Waals surface area (Å²) in [6.07, 6.45) is -0.202. The van der Waals surface area contributed by atoms with Gasteiger partial charge >= 0.3 is 0 Å². The summed E-state index contributed by atoms with van der Waals surface area (Å²) in [7, 11) is 0. The number of nitrogens with zero attached hydrogens (tertiary/aromatic N) is 1. The second-order valence-electron chi connectivity index (χ2n) is 5.20. The highest BCUT2D eigenvalue weighted by Gasteiger charge is 2.29. The van der Waals surface area contributed by atoms with Crippen molar-refractivity contribution in [3.8, 4) is 0 Å². The van der Waals surface area contributed by atoms with Gasteiger partial charge in [-0.25, -0.2) is 0 Å². The summed E-state index contributed by atoms with van der Waals surface area (Å²) >= 11 is 0. The van der Waals surface area contributed by atoms with E-state index in [9.17, 15) is 9.90 Å². The number of carbonyl (C=O) groups excluding carboxylic acids is 1. The van der Waals surface area contributed by atoms with Gasteiger partial charge in [0.2, 0.25) is 5.91 Å². The Balaban J connectivity index is 1.82. The van der Waals surface area contributed by atoms with Crippen molar-refractivity contribution in [2.75, 3.05) is 4.90 Å². The highest BCUT2D eigenvalue weighted by atomic mass is 16.3. The molecular formula is C16H14N2O2. The van der Waals surface area contributed by atoms with Gasteiger partial charge in [0.25, 0.3) is 0 Å². The average molecular weight is 266 g/mol. The van der Waals surface area contributed by atoms with Gasteiger partial charge in [0.15, 0.2) is 0 Å². The smallest absolute Gasteiger partial charge is 0.236 e. The van der Waals surface area contributed by atoms with Crippen LogP contribution in [0.15, 0.2) is 42.5 Å². The third kappa shape index (κ3) is 1.59. The van der Waals surface area contributed by atoms with Crippen molar-refractivity contribution < 1.29 is 9.90 Å². The minimum Gasteiger partial charge on any atom is -0.374 e. The Bertz CT molecular complexity index is 711. The fraction of sp³-hybridized carbons (Fsp3) is 0.188. The van der Waals surface area contributed by atoms with Crippen molar-refractivity contribution in [2.24, 2.45) is 0 Å². The van der Waals surface area contributed by atoms with Gasteiger partial charge in [0.1, 0.15) is 6.23 Å². The van der Waals surface area contributed by atoms with E-state index in [2.05, 4.69) is 5.32 Å². The molecule has 4 nitrogen and oxygen atoms in total. The molecule has 2 aromatic carbocycles. The molecule has 2 N–H and O–H groups in total. The lowest BCUT2D eigenvalue weighted by atomic mass is 10.1. The Kier molecular flexibility index (Phi) is 2.42. The fourth-order valence-electron chi connectivity index (χ4n) is 2.99. The Morgan fingerprint density at radius 2 is 2.00 bits per heavy atom. The number of hydrogen-bond donors (Lipinski definition) is 2. The zero-order valence-electron chi connectivity index (χ0n) is 10.8. The molecule has 0 aromatic heterocycles. The van der Waals surface area contributed by atoms with Crippen LogP contribution in [0, 0.1) is 0 Å². The molecule has 2 aliphatic heterocycles. The Hall–Kier alpha value is -2.17. The summed E-state index contributed by atoms with van der Waals surface area (Å²) in [4.78, 5) is 14.0. The summed E-state index contributed by atoms with van der Waals surface area (Å²) in [5.74, 6) is 0.0756. The first-order valence-electron chi connectivity index (χ1n) is 6.69. The lowest BCUT2D eigenvalue weighted by Gasteiger charge is -2.19. The molecule has 1 amide bonds. The molecule has 0 saturated heterocycles. The van der Waals surface area contributed by atoms with Crippen LogP contribution >= 0.6 is 0 Å². The molecular weight excluding hydrogens is 252 g/mol. The monoisotopic (exact) mass is 266 g/mol. The molecule has 1 unspecified atom stereocenters. The van der Waals surface area contributed by atoms with Crippen LogP contribution < -0.4 is 10.2 Å². The predicted octanol–water partition coefficient (Wildman–Crippen LogP) is 2.00. The zero-order chi connectivity index (χ0) is 13.7. The largest absolute Gasteiger partial charge is 0.374 e. The highest BCUT2D eigenvalue weighted by Crippen LogP contribution is 2.37. The normalized spacial score (nSPS) is 20.1. The van der Waals surface area contributed by atoms with Crippen LogP contribution in [0.5, 0.6) is 0 Å². The molecule has 2 aromatic rings. The lowest BCUT2D eigenvalue weighted by Crippen LogP contribution is -2.21. The minimum atomic E-state index is -0.641. The van der Waals surface area contributed by atoms with Gasteiger partial charge in [-0.15, -0.1) is 0 Å². The van der Waals surface area contributed by atoms with Crippen LogP contribution in [-0.4, -0.2) is 11.0 Å². The quantitative estimate of drug-likeness (QED) is 0.830. The van der Waals surface area contributed by atoms with Crippen LogP contribution in [0.2, 0.25) is 0 Å². The number of fused-ring (bicyclic) bond motifs is 2. The number of para-hydroxylation sites is 1. The van der Waals surface area contributed by atoms with Gasteiger partial charge in [-0.3, -0.25) is 15.0 Å². The standard InChI is InChI=1S/C16H14N2O2/c19-15-7-10-3-1-2-4-14(10)18(15)12-6-5-11-9-17-16(20)13(11)8-12/h1-6,8,16-17,20H,7,9H2. The molecule has 20 heavy (non-hydrogen) atoms. The Labute approximate surface area is 116 Å². The molecule has 0 aliphatic carbocycles. The maximum atomic E-state index is 12.3. The van der Waals surface area contributed by atoms with E-state index in [1.807, 2.05) is 42.5 Å². The number of amides is 1. The SMILES string of the molecule is O=C1Cc2ccccc2N1c1ccc2c(c1)C(O)NC2. The molecule has 0 fully saturated rings. The number of benzene rings is 2. The van der Waals surface area contributed by atoms with E-state index in [1.165, 1.54) is 0 Å². The number of aliphatic hydroxyl groups excluding tert-OH is 1. The molecule has 0 radical (unpaired) electrons. The van der Waals surface area contributed by atoms with Crippen molar-refractivity contribution in [1.82, 2.24) is 5.32 Å². The van der Waals surface area contributed by atoms with Crippen LogP contribution in [0.25, 0.3) is 0 Å². The van der Waals surface area contributed by atoms with Gasteiger partial charge in [-0.2, -0.15) is 0 Å². The number of hydrogen-bond acceptors (Lipinski definition) is 3. The van der Waals surface area contributed by atoms with Crippen molar-refractivity contribution >= 4 is 17.3 Å². The van der Waals surface area contributed by atoms with E-state index in [0.717, 1.165) is 28.1 Å². The van der Waals surface area contributed by atoms with Gasteiger partial charge in [0.05, 0.1) is 12.1 Å². The first kappa shape index (κ1) is 11.6. The van der Waals surface area contributed by atoms with E-state index in [1.54, 1.807) is 4.90 Å². The van der Waals surface area contributed by atoms with Crippen LogP contribution in [0.4, 0.5) is 11.4 Å². The van der Waals surface area contributed by atoms with Crippen LogP contribution in [-0.2, 0) is 17.8 Å². The van der Waals surface area contributed by atoms with E-state index >= 15 is 0 Å². The maximum Gasteiger partial charge on any atom is 0.236 e. The molecule has 0 spiro atoms. The van der Waals surface area contributed by atoms with Crippen LogP contribution in [0.3, 0.4) is 0 Å². The van der Waals surface area contributed by atoms with E-state index in [4.69, 9.17) is 0 Å². The average Bonchev–Trinajstić information content (AvgIpc) is 2.98. The topological polar surface area (TPSA) is 52.6 Å². The predicted molar refractivity (Wildman–Crippen MR) is 75.5 cm³/mol. The third-order valence-corrected chi connectivity index (χ3v) is 3.99. The van der Waals surface area contributed by atoms with Gasteiger partial charge < -0.3 is 5.11 Å². The number of nitrogens with one attached hydrogen (secondary N) is 1. The molecule has 2 aliphatic rings. The van der Waals surface area contributed by atoms with Gasteiger partial charge in [-0.05, 0) is 29.3 Å². The lowest BCUT2D eigenvalue weighted by molar-refractivity contribution is -0.116. The first-order chi connectivity index (χ1) is 9.74. The maximum absolute atomic E-state index is 12.3. The number of carbonyl (C=O) groups is 1. The summed E-state index contributed by atoms with van der Waals surface area (Å²) in [5, 5.41) is 12.9. The van der Waals surface area contributed by atoms with Crippen LogP contribution in [0.1, 0.15) is 22.9 Å². The fourth-order valence-corrected chi connectivity index (χ4v) is 2.99. The second-order valence-corrected chi connectivity index (χ2v) is 5.20. The third-order valence-electron chi connectivity index (χ3n) is 3.99. The molecule has 4 rings (SSSR count). The van der Waals surface area contributed by atoms with E-state index in [-0.39, 0.29) is 5.91 Å². The van der Waals surface area contributed by atoms with E-state index < -0.39 is 6.23 Å². The highest BCUT2D eigenvalue weighted by molar-refractivity contribution is 6.07. The van der Waals surface area contributed by atoms with Crippen molar-refractivity contribution in [2.45, 2.75) is 19.2 Å². The van der Waals surface area contributed by atoms with Gasteiger partial charge in [-0.1, -0.05) is 24.3 Å². The molecule has 100 valence electrons. The Morgan fingerprint density at radius 3 is 2.90 bits per heavy atom. The molecule has 0 bridgehead atoms. The number of anilines is 2. The molecule has 0 saturated carbocycles. The number of aliphatic hydroxyl groups is 1. The summed E-state index contributed by atoms with van der Waals surface area (Å²) in [6.45, 7) is 0.668. The molecule has 4 heteroatoms. The van der Waals surface area contributed by atoms with Crippen molar-refractivity contribution in [3.05, 3.63) is 59.2 Å². The summed E-state index contributed by atoms with van der Waals surface area (Å²) in [5.41, 5.74) is 4.76. The second kappa shape index (κ2) is 4.16. The summed E-state index contributed by atoms with van der Waals surface area (Å²) in [6, 6.07) is 13.7. The van der Waals surface area contributed by atoms with Crippen molar-refractivity contribution in [3.63, 3.8) is 0 Å². The summed E-state index contributed by atoms with van der Waals surface area (Å²) < 4.78 is 0. The molecule has 2 heterocycles. The van der Waals surface area contributed by atoms with Gasteiger partial charge in [0, 0.05) is 17.8 Å². The Morgan fingerprint density at radius 1 is 1.15 bits per heavy atom. The van der Waals surface area contributed by atoms with Crippen molar-refractivity contribution in [1.29, 1.82) is 0 Å².